The molecule has 41 heavy (non-hydrogen) atoms. The second kappa shape index (κ2) is 12.7. The predicted molar refractivity (Wildman–Crippen MR) is 157 cm³/mol. The van der Waals surface area contributed by atoms with Crippen LogP contribution in [0.2, 0.25) is 0 Å². The van der Waals surface area contributed by atoms with Gasteiger partial charge in [0.05, 0.1) is 7.11 Å². The molecule has 0 saturated carbocycles. The standard InChI is InChI=1S/C32H43N3O6/c1-19(2)25(34-30(39)41-31(5,6)7)27(36)35-32(29(38)33-26(20(3)4)28(37)40-8)17-21-13-9-11-15-23(21)24-16-12-10-14-22(24)18-32/h9-16,19-20,25-26H,17-18H2,1-8H3,(H,33,38)(H,34,39)(H,35,36)/t25-,26+/m0/s1. The van der Waals surface area contributed by atoms with Crippen LogP contribution in [0.5, 0.6) is 0 Å². The molecule has 2 atom stereocenters. The Bertz CT molecular complexity index is 1230. The summed E-state index contributed by atoms with van der Waals surface area (Å²) in [5, 5.41) is 8.58. The van der Waals surface area contributed by atoms with Crippen molar-refractivity contribution in [3.05, 3.63) is 59.7 Å². The molecule has 0 aliphatic heterocycles. The Morgan fingerprint density at radius 1 is 0.780 bits per heavy atom. The molecule has 0 bridgehead atoms. The van der Waals surface area contributed by atoms with Crippen molar-refractivity contribution in [2.45, 2.75) is 84.5 Å². The minimum Gasteiger partial charge on any atom is -0.467 e. The Kier molecular flexibility index (Phi) is 9.84. The molecule has 3 rings (SSSR count). The zero-order valence-corrected chi connectivity index (χ0v) is 25.3. The van der Waals surface area contributed by atoms with Gasteiger partial charge in [0.2, 0.25) is 11.8 Å². The van der Waals surface area contributed by atoms with Crippen LogP contribution in [0.3, 0.4) is 0 Å². The molecule has 1 aliphatic carbocycles. The maximum atomic E-state index is 14.3. The molecule has 2 aromatic rings. The maximum absolute atomic E-state index is 14.3. The van der Waals surface area contributed by atoms with E-state index in [1.165, 1.54) is 7.11 Å². The van der Waals surface area contributed by atoms with Gasteiger partial charge in [-0.2, -0.15) is 0 Å². The third kappa shape index (κ3) is 7.65. The lowest BCUT2D eigenvalue weighted by atomic mass is 9.84. The molecule has 0 spiro atoms. The Labute approximate surface area is 242 Å². The Morgan fingerprint density at radius 2 is 1.27 bits per heavy atom. The molecule has 0 radical (unpaired) electrons. The van der Waals surface area contributed by atoms with E-state index in [0.29, 0.717) is 0 Å². The number of esters is 1. The lowest BCUT2D eigenvalue weighted by Gasteiger charge is -2.36. The fourth-order valence-corrected chi connectivity index (χ4v) is 5.08. The number of benzene rings is 2. The van der Waals surface area contributed by atoms with Gasteiger partial charge in [-0.3, -0.25) is 9.59 Å². The van der Waals surface area contributed by atoms with Gasteiger partial charge >= 0.3 is 12.1 Å². The molecule has 1 aliphatic rings. The third-order valence-corrected chi connectivity index (χ3v) is 7.14. The van der Waals surface area contributed by atoms with Crippen molar-refractivity contribution in [1.82, 2.24) is 16.0 Å². The quantitative estimate of drug-likeness (QED) is 0.413. The summed E-state index contributed by atoms with van der Waals surface area (Å²) in [6.07, 6.45) is -0.399. The van der Waals surface area contributed by atoms with E-state index >= 15 is 0 Å². The zero-order valence-electron chi connectivity index (χ0n) is 25.3. The number of nitrogens with one attached hydrogen (secondary N) is 3. The van der Waals surface area contributed by atoms with Gasteiger partial charge in [0, 0.05) is 12.8 Å². The minimum absolute atomic E-state index is 0.165. The van der Waals surface area contributed by atoms with E-state index in [-0.39, 0.29) is 24.7 Å². The number of alkyl carbamates (subject to hydrolysis) is 1. The highest BCUT2D eigenvalue weighted by atomic mass is 16.6. The number of carbonyl (C=O) groups excluding carboxylic acids is 4. The monoisotopic (exact) mass is 565 g/mol. The summed E-state index contributed by atoms with van der Waals surface area (Å²) in [7, 11) is 1.27. The van der Waals surface area contributed by atoms with Crippen molar-refractivity contribution < 1.29 is 28.7 Å². The van der Waals surface area contributed by atoms with Crippen molar-refractivity contribution >= 4 is 23.9 Å². The lowest BCUT2D eigenvalue weighted by Crippen LogP contribution is -2.66. The van der Waals surface area contributed by atoms with E-state index in [1.54, 1.807) is 34.6 Å². The highest BCUT2D eigenvalue weighted by Crippen LogP contribution is 2.36. The van der Waals surface area contributed by atoms with E-state index in [1.807, 2.05) is 62.4 Å². The summed E-state index contributed by atoms with van der Waals surface area (Å²) in [5.74, 6) is -2.19. The fourth-order valence-electron chi connectivity index (χ4n) is 5.08. The summed E-state index contributed by atoms with van der Waals surface area (Å²) in [4.78, 5) is 53.5. The second-order valence-electron chi connectivity index (χ2n) is 12.3. The number of hydrogen-bond acceptors (Lipinski definition) is 6. The topological polar surface area (TPSA) is 123 Å². The summed E-state index contributed by atoms with van der Waals surface area (Å²) in [6.45, 7) is 12.4. The van der Waals surface area contributed by atoms with Crippen LogP contribution in [0, 0.1) is 11.8 Å². The van der Waals surface area contributed by atoms with Crippen LogP contribution in [-0.2, 0) is 36.7 Å². The molecule has 3 amide bonds. The number of ether oxygens (including phenoxy) is 2. The smallest absolute Gasteiger partial charge is 0.408 e. The number of amides is 3. The van der Waals surface area contributed by atoms with E-state index in [0.717, 1.165) is 22.3 Å². The summed E-state index contributed by atoms with van der Waals surface area (Å²) < 4.78 is 10.4. The maximum Gasteiger partial charge on any atom is 0.408 e. The molecule has 0 fully saturated rings. The second-order valence-corrected chi connectivity index (χ2v) is 12.3. The highest BCUT2D eigenvalue weighted by molar-refractivity contribution is 5.97. The van der Waals surface area contributed by atoms with Crippen LogP contribution in [-0.4, -0.2) is 54.2 Å². The van der Waals surface area contributed by atoms with Crippen molar-refractivity contribution in [2.75, 3.05) is 7.11 Å². The first-order valence-corrected chi connectivity index (χ1v) is 14.0. The van der Waals surface area contributed by atoms with Gasteiger partial charge < -0.3 is 25.4 Å². The van der Waals surface area contributed by atoms with Crippen molar-refractivity contribution in [2.24, 2.45) is 11.8 Å². The van der Waals surface area contributed by atoms with Gasteiger partial charge in [-0.05, 0) is 54.9 Å². The van der Waals surface area contributed by atoms with Crippen molar-refractivity contribution in [3.8, 4) is 11.1 Å². The SMILES string of the molecule is COC(=O)[C@H](NC(=O)C1(NC(=O)[C@@H](NC(=O)OC(C)(C)C)C(C)C)Cc2ccccc2-c2ccccc2C1)C(C)C. The molecule has 0 aromatic heterocycles. The van der Waals surface area contributed by atoms with Crippen molar-refractivity contribution in [1.29, 1.82) is 0 Å². The summed E-state index contributed by atoms with van der Waals surface area (Å²) >= 11 is 0. The first-order chi connectivity index (χ1) is 19.2. The molecule has 2 aromatic carbocycles. The summed E-state index contributed by atoms with van der Waals surface area (Å²) in [5.41, 5.74) is 1.43. The Hall–Kier alpha value is -3.88. The highest BCUT2D eigenvalue weighted by Gasteiger charge is 2.46. The molecule has 0 heterocycles. The molecule has 9 nitrogen and oxygen atoms in total. The predicted octanol–water partition coefficient (Wildman–Crippen LogP) is 4.17. The average Bonchev–Trinajstić information content (AvgIpc) is 3.03. The molecule has 9 heteroatoms. The van der Waals surface area contributed by atoms with Gasteiger partial charge in [0.1, 0.15) is 23.2 Å². The number of fused-ring (bicyclic) bond motifs is 3. The fraction of sp³-hybridized carbons (Fsp3) is 0.500. The molecule has 222 valence electrons. The average molecular weight is 566 g/mol. The van der Waals surface area contributed by atoms with Gasteiger partial charge in [-0.15, -0.1) is 0 Å². The third-order valence-electron chi connectivity index (χ3n) is 7.14. The number of methoxy groups -OCH3 is 1. The van der Waals surface area contributed by atoms with Crippen LogP contribution in [0.1, 0.15) is 59.6 Å². The van der Waals surface area contributed by atoms with Crippen LogP contribution >= 0.6 is 0 Å². The van der Waals surface area contributed by atoms with Crippen LogP contribution in [0.15, 0.2) is 48.5 Å². The normalized spacial score (nSPS) is 15.5. The van der Waals surface area contributed by atoms with E-state index in [9.17, 15) is 19.2 Å². The van der Waals surface area contributed by atoms with Crippen molar-refractivity contribution in [3.63, 3.8) is 0 Å². The van der Waals surface area contributed by atoms with Crippen LogP contribution < -0.4 is 16.0 Å². The van der Waals surface area contributed by atoms with Gasteiger partial charge in [0.15, 0.2) is 0 Å². The van der Waals surface area contributed by atoms with E-state index in [4.69, 9.17) is 9.47 Å². The number of rotatable bonds is 8. The molecular formula is C32H43N3O6. The molecule has 3 N–H and O–H groups in total. The number of carbonyl (C=O) groups is 4. The van der Waals surface area contributed by atoms with Gasteiger partial charge in [0.25, 0.3) is 0 Å². The molecule has 0 saturated heterocycles. The largest absolute Gasteiger partial charge is 0.467 e. The molecule has 0 unspecified atom stereocenters. The lowest BCUT2D eigenvalue weighted by molar-refractivity contribution is -0.147. The first-order valence-electron chi connectivity index (χ1n) is 14.0. The zero-order chi connectivity index (χ0) is 30.5. The van der Waals surface area contributed by atoms with Crippen LogP contribution in [0.25, 0.3) is 11.1 Å². The van der Waals surface area contributed by atoms with E-state index < -0.39 is 47.1 Å². The Balaban J connectivity index is 2.10. The van der Waals surface area contributed by atoms with Gasteiger partial charge in [-0.25, -0.2) is 9.59 Å². The minimum atomic E-state index is -1.48. The van der Waals surface area contributed by atoms with Crippen LogP contribution in [0.4, 0.5) is 4.79 Å². The molecular weight excluding hydrogens is 522 g/mol. The van der Waals surface area contributed by atoms with E-state index in [2.05, 4.69) is 16.0 Å². The Morgan fingerprint density at radius 3 is 1.71 bits per heavy atom. The number of hydrogen-bond donors (Lipinski definition) is 3. The first kappa shape index (κ1) is 31.6. The van der Waals surface area contributed by atoms with Gasteiger partial charge in [-0.1, -0.05) is 76.2 Å². The summed E-state index contributed by atoms with van der Waals surface area (Å²) in [6, 6.07) is 13.6.